The highest BCUT2D eigenvalue weighted by molar-refractivity contribution is 5.89. The van der Waals surface area contributed by atoms with Crippen molar-refractivity contribution in [2.24, 2.45) is 0 Å². The number of hydrogen-bond acceptors (Lipinski definition) is 3. The lowest BCUT2D eigenvalue weighted by Gasteiger charge is -2.15. The van der Waals surface area contributed by atoms with Crippen LogP contribution in [0.25, 0.3) is 0 Å². The monoisotopic (exact) mass is 303 g/mol. The van der Waals surface area contributed by atoms with Crippen molar-refractivity contribution in [3.63, 3.8) is 0 Å². The predicted octanol–water partition coefficient (Wildman–Crippen LogP) is 2.39. The Morgan fingerprint density at radius 3 is 2.86 bits per heavy atom. The van der Waals surface area contributed by atoms with Gasteiger partial charge < -0.3 is 15.4 Å². The van der Waals surface area contributed by atoms with Gasteiger partial charge in [0.1, 0.15) is 6.61 Å². The van der Waals surface area contributed by atoms with Crippen LogP contribution in [0.15, 0.2) is 24.3 Å². The highest BCUT2D eigenvalue weighted by Crippen LogP contribution is 2.20. The second-order valence-corrected chi connectivity index (χ2v) is 5.74. The Morgan fingerprint density at radius 2 is 2.14 bits per heavy atom. The number of nitrogens with zero attached hydrogens (tertiary/aromatic N) is 1. The van der Waals surface area contributed by atoms with Gasteiger partial charge in [0.15, 0.2) is 0 Å². The van der Waals surface area contributed by atoms with Gasteiger partial charge in [0, 0.05) is 18.3 Å². The number of cyclic esters (lactones) is 1. The molecule has 0 atom stereocenters. The van der Waals surface area contributed by atoms with Crippen molar-refractivity contribution < 1.29 is 14.3 Å². The van der Waals surface area contributed by atoms with Crippen molar-refractivity contribution in [3.8, 4) is 0 Å². The number of ether oxygens (including phenoxy) is 1. The number of anilines is 1. The summed E-state index contributed by atoms with van der Waals surface area (Å²) in [7, 11) is 0. The Morgan fingerprint density at radius 1 is 1.32 bits per heavy atom. The highest BCUT2D eigenvalue weighted by Gasteiger charge is 2.23. The molecule has 2 aliphatic rings. The van der Waals surface area contributed by atoms with E-state index in [0.29, 0.717) is 25.7 Å². The SMILES string of the molecule is O=C(NCc1cccc(N2CCOC2=O)c1)NC1CCCC1. The van der Waals surface area contributed by atoms with Gasteiger partial charge in [0.2, 0.25) is 0 Å². The maximum Gasteiger partial charge on any atom is 0.414 e. The molecule has 3 rings (SSSR count). The number of nitrogens with one attached hydrogen (secondary N) is 2. The molecular formula is C16H21N3O3. The van der Waals surface area contributed by atoms with Crippen LogP contribution in [-0.2, 0) is 11.3 Å². The topological polar surface area (TPSA) is 70.7 Å². The Labute approximate surface area is 129 Å². The van der Waals surface area contributed by atoms with E-state index >= 15 is 0 Å². The Kier molecular flexibility index (Phi) is 4.46. The first-order chi connectivity index (χ1) is 10.7. The van der Waals surface area contributed by atoms with Crippen LogP contribution in [0.2, 0.25) is 0 Å². The van der Waals surface area contributed by atoms with Crippen LogP contribution < -0.4 is 15.5 Å². The first-order valence-corrected chi connectivity index (χ1v) is 7.80. The zero-order valence-corrected chi connectivity index (χ0v) is 12.5. The minimum absolute atomic E-state index is 0.127. The third-order valence-corrected chi connectivity index (χ3v) is 4.13. The zero-order chi connectivity index (χ0) is 15.4. The van der Waals surface area contributed by atoms with Gasteiger partial charge in [-0.25, -0.2) is 9.59 Å². The molecule has 0 bridgehead atoms. The van der Waals surface area contributed by atoms with Crippen LogP contribution in [0.5, 0.6) is 0 Å². The van der Waals surface area contributed by atoms with Gasteiger partial charge in [-0.05, 0) is 30.5 Å². The van der Waals surface area contributed by atoms with Crippen LogP contribution in [0.4, 0.5) is 15.3 Å². The average Bonchev–Trinajstić information content (AvgIpc) is 3.17. The molecule has 6 nitrogen and oxygen atoms in total. The van der Waals surface area contributed by atoms with E-state index in [1.165, 1.54) is 12.8 Å². The number of amides is 3. The molecule has 2 N–H and O–H groups in total. The van der Waals surface area contributed by atoms with Crippen LogP contribution in [0, 0.1) is 0 Å². The average molecular weight is 303 g/mol. The Hall–Kier alpha value is -2.24. The van der Waals surface area contributed by atoms with Crippen molar-refractivity contribution >= 4 is 17.8 Å². The van der Waals surface area contributed by atoms with E-state index in [2.05, 4.69) is 10.6 Å². The number of hydrogen-bond donors (Lipinski definition) is 2. The van der Waals surface area contributed by atoms with Gasteiger partial charge in [-0.15, -0.1) is 0 Å². The second-order valence-electron chi connectivity index (χ2n) is 5.74. The molecule has 1 heterocycles. The van der Waals surface area contributed by atoms with Crippen LogP contribution in [0.1, 0.15) is 31.2 Å². The smallest absolute Gasteiger partial charge is 0.414 e. The standard InChI is InChI=1S/C16H21N3O3/c20-15(18-13-5-1-2-6-13)17-11-12-4-3-7-14(10-12)19-8-9-22-16(19)21/h3-4,7,10,13H,1-2,5-6,8-9,11H2,(H2,17,18,20). The van der Waals surface area contributed by atoms with E-state index in [9.17, 15) is 9.59 Å². The van der Waals surface area contributed by atoms with Gasteiger partial charge in [-0.2, -0.15) is 0 Å². The second kappa shape index (κ2) is 6.68. The summed E-state index contributed by atoms with van der Waals surface area (Å²) in [4.78, 5) is 25.0. The van der Waals surface area contributed by atoms with E-state index in [4.69, 9.17) is 4.74 Å². The summed E-state index contributed by atoms with van der Waals surface area (Å²) in [5, 5.41) is 5.86. The molecule has 6 heteroatoms. The number of urea groups is 1. The fraction of sp³-hybridized carbons (Fsp3) is 0.500. The largest absolute Gasteiger partial charge is 0.447 e. The van der Waals surface area contributed by atoms with Gasteiger partial charge in [0.25, 0.3) is 0 Å². The summed E-state index contributed by atoms with van der Waals surface area (Å²) >= 11 is 0. The van der Waals surface area contributed by atoms with Gasteiger partial charge in [0.05, 0.1) is 6.54 Å². The van der Waals surface area contributed by atoms with E-state index < -0.39 is 0 Å². The lowest BCUT2D eigenvalue weighted by atomic mass is 10.2. The lowest BCUT2D eigenvalue weighted by Crippen LogP contribution is -2.40. The molecule has 1 aromatic rings. The molecule has 2 fully saturated rings. The quantitative estimate of drug-likeness (QED) is 0.897. The van der Waals surface area contributed by atoms with Crippen molar-refractivity contribution in [2.75, 3.05) is 18.1 Å². The predicted molar refractivity (Wildman–Crippen MR) is 82.8 cm³/mol. The number of carbonyl (C=O) groups is 2. The first kappa shape index (κ1) is 14.7. The van der Waals surface area contributed by atoms with E-state index in [1.807, 2.05) is 24.3 Å². The minimum Gasteiger partial charge on any atom is -0.447 e. The van der Waals surface area contributed by atoms with Gasteiger partial charge >= 0.3 is 12.1 Å². The summed E-state index contributed by atoms with van der Waals surface area (Å²) in [6, 6.07) is 7.77. The molecule has 3 amide bonds. The molecule has 118 valence electrons. The lowest BCUT2D eigenvalue weighted by molar-refractivity contribution is 0.181. The summed E-state index contributed by atoms with van der Waals surface area (Å²) in [5.41, 5.74) is 1.76. The normalized spacial score (nSPS) is 18.4. The molecule has 0 aromatic heterocycles. The van der Waals surface area contributed by atoms with E-state index in [1.54, 1.807) is 4.90 Å². The molecule has 1 saturated heterocycles. The fourth-order valence-corrected chi connectivity index (χ4v) is 2.95. The van der Waals surface area contributed by atoms with E-state index in [-0.39, 0.29) is 12.1 Å². The molecule has 0 unspecified atom stereocenters. The van der Waals surface area contributed by atoms with Crippen molar-refractivity contribution in [3.05, 3.63) is 29.8 Å². The number of carbonyl (C=O) groups excluding carboxylic acids is 2. The van der Waals surface area contributed by atoms with Crippen molar-refractivity contribution in [1.82, 2.24) is 10.6 Å². The van der Waals surface area contributed by atoms with Crippen LogP contribution in [0.3, 0.4) is 0 Å². The number of rotatable bonds is 4. The molecule has 1 aliphatic heterocycles. The zero-order valence-electron chi connectivity index (χ0n) is 12.5. The molecule has 1 aliphatic carbocycles. The third kappa shape index (κ3) is 3.50. The highest BCUT2D eigenvalue weighted by atomic mass is 16.6. The van der Waals surface area contributed by atoms with E-state index in [0.717, 1.165) is 24.1 Å². The van der Waals surface area contributed by atoms with Gasteiger partial charge in [-0.1, -0.05) is 25.0 Å². The molecular weight excluding hydrogens is 282 g/mol. The third-order valence-electron chi connectivity index (χ3n) is 4.13. The Bertz CT molecular complexity index is 555. The molecule has 22 heavy (non-hydrogen) atoms. The number of benzene rings is 1. The first-order valence-electron chi connectivity index (χ1n) is 7.80. The summed E-state index contributed by atoms with van der Waals surface area (Å²) < 4.78 is 4.94. The molecule has 1 aromatic carbocycles. The molecule has 0 radical (unpaired) electrons. The fourth-order valence-electron chi connectivity index (χ4n) is 2.95. The van der Waals surface area contributed by atoms with Crippen molar-refractivity contribution in [2.45, 2.75) is 38.3 Å². The van der Waals surface area contributed by atoms with Crippen LogP contribution >= 0.6 is 0 Å². The summed E-state index contributed by atoms with van der Waals surface area (Å²) in [6.45, 7) is 1.43. The van der Waals surface area contributed by atoms with Crippen molar-refractivity contribution in [1.29, 1.82) is 0 Å². The van der Waals surface area contributed by atoms with Gasteiger partial charge in [-0.3, -0.25) is 4.90 Å². The molecule has 1 saturated carbocycles. The summed E-state index contributed by atoms with van der Waals surface area (Å²) in [5.74, 6) is 0. The van der Waals surface area contributed by atoms with Crippen LogP contribution in [-0.4, -0.2) is 31.3 Å². The molecule has 0 spiro atoms. The minimum atomic E-state index is -0.316. The maximum atomic E-state index is 11.9. The summed E-state index contributed by atoms with van der Waals surface area (Å²) in [6.07, 6.45) is 4.21. The maximum absolute atomic E-state index is 11.9. The Balaban J connectivity index is 1.54.